The Bertz CT molecular complexity index is 758. The van der Waals surface area contributed by atoms with Crippen molar-refractivity contribution in [1.82, 2.24) is 9.21 Å². The first-order valence-electron chi connectivity index (χ1n) is 8.56. The number of amides is 1. The lowest BCUT2D eigenvalue weighted by Gasteiger charge is -2.27. The molecule has 5 nitrogen and oxygen atoms in total. The Kier molecular flexibility index (Phi) is 7.04. The molecule has 2 atom stereocenters. The Morgan fingerprint density at radius 2 is 1.96 bits per heavy atom. The van der Waals surface area contributed by atoms with Crippen LogP contribution in [0.25, 0.3) is 0 Å². The standard InChI is InChI=1S/C17H24F2N2O3S2/c1-4-10-26(23,24)20(3)8-9-21-16(22)15(5-2)25-17(21)13-7-6-12(18)11-14(13)19/h6-7,11,15,17H,4-5,8-10H2,1-3H3/t15-,17-/m1/s1. The van der Waals surface area contributed by atoms with Crippen LogP contribution < -0.4 is 0 Å². The molecule has 1 aromatic rings. The van der Waals surface area contributed by atoms with Gasteiger partial charge in [0.25, 0.3) is 0 Å². The van der Waals surface area contributed by atoms with Gasteiger partial charge in [-0.25, -0.2) is 21.5 Å². The predicted molar refractivity (Wildman–Crippen MR) is 99.2 cm³/mol. The van der Waals surface area contributed by atoms with Gasteiger partial charge in [0.2, 0.25) is 15.9 Å². The van der Waals surface area contributed by atoms with Gasteiger partial charge in [-0.2, -0.15) is 0 Å². The molecule has 0 spiro atoms. The van der Waals surface area contributed by atoms with Gasteiger partial charge in [-0.05, 0) is 18.9 Å². The first-order valence-corrected chi connectivity index (χ1v) is 11.1. The molecular formula is C17H24F2N2O3S2. The quantitative estimate of drug-likeness (QED) is 0.666. The highest BCUT2D eigenvalue weighted by Crippen LogP contribution is 2.44. The molecule has 1 aliphatic rings. The van der Waals surface area contributed by atoms with E-state index in [-0.39, 0.29) is 35.6 Å². The van der Waals surface area contributed by atoms with Gasteiger partial charge in [-0.1, -0.05) is 19.9 Å². The summed E-state index contributed by atoms with van der Waals surface area (Å²) in [5, 5.41) is -0.905. The molecule has 1 aliphatic heterocycles. The minimum atomic E-state index is -3.37. The normalized spacial score (nSPS) is 21.0. The average Bonchev–Trinajstić information content (AvgIpc) is 2.88. The van der Waals surface area contributed by atoms with Crippen LogP contribution in [0.1, 0.15) is 37.6 Å². The van der Waals surface area contributed by atoms with Gasteiger partial charge in [0.05, 0.1) is 11.0 Å². The number of likely N-dealkylation sites (N-methyl/N-ethyl adjacent to an activating group) is 1. The highest BCUT2D eigenvalue weighted by atomic mass is 32.2. The van der Waals surface area contributed by atoms with E-state index in [4.69, 9.17) is 0 Å². The molecule has 0 saturated carbocycles. The molecule has 146 valence electrons. The second-order valence-electron chi connectivity index (χ2n) is 6.22. The monoisotopic (exact) mass is 406 g/mol. The third-order valence-electron chi connectivity index (χ3n) is 4.33. The maximum absolute atomic E-state index is 14.2. The number of hydrogen-bond acceptors (Lipinski definition) is 4. The summed E-state index contributed by atoms with van der Waals surface area (Å²) in [6.07, 6.45) is 1.09. The largest absolute Gasteiger partial charge is 0.324 e. The number of rotatable bonds is 8. The third kappa shape index (κ3) is 4.55. The maximum Gasteiger partial charge on any atom is 0.236 e. The van der Waals surface area contributed by atoms with Crippen LogP contribution in [0.2, 0.25) is 0 Å². The van der Waals surface area contributed by atoms with Gasteiger partial charge in [0.15, 0.2) is 0 Å². The van der Waals surface area contributed by atoms with E-state index in [1.165, 1.54) is 40.1 Å². The van der Waals surface area contributed by atoms with Gasteiger partial charge in [0, 0.05) is 31.8 Å². The number of thioether (sulfide) groups is 1. The van der Waals surface area contributed by atoms with Crippen molar-refractivity contribution in [3.63, 3.8) is 0 Å². The Morgan fingerprint density at radius 1 is 1.27 bits per heavy atom. The van der Waals surface area contributed by atoms with Crippen LogP contribution in [0.5, 0.6) is 0 Å². The number of sulfonamides is 1. The molecule has 0 N–H and O–H groups in total. The van der Waals surface area contributed by atoms with Gasteiger partial charge in [0.1, 0.15) is 17.0 Å². The SMILES string of the molecule is CCCS(=O)(=O)N(C)CCN1C(=O)[C@@H](CC)S[C@@H]1c1ccc(F)cc1F. The van der Waals surface area contributed by atoms with Crippen molar-refractivity contribution in [1.29, 1.82) is 0 Å². The topological polar surface area (TPSA) is 57.7 Å². The molecule has 0 radical (unpaired) electrons. The highest BCUT2D eigenvalue weighted by Gasteiger charge is 2.41. The van der Waals surface area contributed by atoms with Gasteiger partial charge in [-0.15, -0.1) is 11.8 Å². The molecule has 1 heterocycles. The lowest BCUT2D eigenvalue weighted by atomic mass is 10.1. The van der Waals surface area contributed by atoms with Gasteiger partial charge >= 0.3 is 0 Å². The van der Waals surface area contributed by atoms with Gasteiger partial charge < -0.3 is 4.90 Å². The second-order valence-corrected chi connectivity index (χ2v) is 9.70. The van der Waals surface area contributed by atoms with Crippen molar-refractivity contribution in [3.8, 4) is 0 Å². The van der Waals surface area contributed by atoms with Crippen LogP contribution in [0.4, 0.5) is 8.78 Å². The molecule has 1 amide bonds. The first-order chi connectivity index (χ1) is 12.2. The number of hydrogen-bond donors (Lipinski definition) is 0. The van der Waals surface area contributed by atoms with E-state index in [0.717, 1.165) is 6.07 Å². The lowest BCUT2D eigenvalue weighted by molar-refractivity contribution is -0.130. The van der Waals surface area contributed by atoms with Crippen LogP contribution in [0.3, 0.4) is 0 Å². The summed E-state index contributed by atoms with van der Waals surface area (Å²) >= 11 is 1.32. The Morgan fingerprint density at radius 3 is 2.54 bits per heavy atom. The Balaban J connectivity index is 2.21. The molecule has 0 aliphatic carbocycles. The summed E-state index contributed by atoms with van der Waals surface area (Å²) in [6.45, 7) is 3.94. The smallest absolute Gasteiger partial charge is 0.236 e. The zero-order valence-corrected chi connectivity index (χ0v) is 16.7. The summed E-state index contributed by atoms with van der Waals surface area (Å²) in [7, 11) is -1.89. The van der Waals surface area contributed by atoms with Crippen LogP contribution in [0, 0.1) is 11.6 Å². The molecule has 26 heavy (non-hydrogen) atoms. The molecule has 0 bridgehead atoms. The van der Waals surface area contributed by atoms with Crippen molar-refractivity contribution in [2.45, 2.75) is 37.3 Å². The number of nitrogens with zero attached hydrogens (tertiary/aromatic N) is 2. The van der Waals surface area contributed by atoms with Gasteiger partial charge in [-0.3, -0.25) is 4.79 Å². The Labute approximate surface area is 157 Å². The van der Waals surface area contributed by atoms with Crippen molar-refractivity contribution >= 4 is 27.7 Å². The predicted octanol–water partition coefficient (Wildman–Crippen LogP) is 2.99. The average molecular weight is 407 g/mol. The van der Waals surface area contributed by atoms with Crippen molar-refractivity contribution in [2.75, 3.05) is 25.9 Å². The number of carbonyl (C=O) groups is 1. The maximum atomic E-state index is 14.2. The fourth-order valence-electron chi connectivity index (χ4n) is 2.83. The summed E-state index contributed by atoms with van der Waals surface area (Å²) in [6, 6.07) is 3.31. The van der Waals surface area contributed by atoms with E-state index in [9.17, 15) is 22.0 Å². The summed E-state index contributed by atoms with van der Waals surface area (Å²) in [5.74, 6) is -1.49. The molecule has 0 aromatic heterocycles. The lowest BCUT2D eigenvalue weighted by Crippen LogP contribution is -2.40. The zero-order valence-electron chi connectivity index (χ0n) is 15.1. The fourth-order valence-corrected chi connectivity index (χ4v) is 5.47. The van der Waals surface area contributed by atoms with E-state index in [0.29, 0.717) is 12.8 Å². The van der Waals surface area contributed by atoms with Crippen LogP contribution in [0.15, 0.2) is 18.2 Å². The van der Waals surface area contributed by atoms with Crippen LogP contribution in [-0.2, 0) is 14.8 Å². The number of halogens is 2. The third-order valence-corrected chi connectivity index (χ3v) is 8.01. The van der Waals surface area contributed by atoms with Crippen molar-refractivity contribution in [3.05, 3.63) is 35.4 Å². The fraction of sp³-hybridized carbons (Fsp3) is 0.588. The minimum Gasteiger partial charge on any atom is -0.324 e. The van der Waals surface area contributed by atoms with Crippen molar-refractivity contribution < 1.29 is 22.0 Å². The summed E-state index contributed by atoms with van der Waals surface area (Å²) in [4.78, 5) is 14.1. The van der Waals surface area contributed by atoms with E-state index in [2.05, 4.69) is 0 Å². The van der Waals surface area contributed by atoms with Crippen LogP contribution in [-0.4, -0.2) is 54.7 Å². The molecule has 1 fully saturated rings. The summed E-state index contributed by atoms with van der Waals surface area (Å²) in [5.41, 5.74) is 0.236. The van der Waals surface area contributed by atoms with E-state index >= 15 is 0 Å². The molecule has 9 heteroatoms. The zero-order chi connectivity index (χ0) is 19.5. The number of carbonyl (C=O) groups excluding carboxylic acids is 1. The molecule has 1 aromatic carbocycles. The van der Waals surface area contributed by atoms with E-state index in [1.54, 1.807) is 6.92 Å². The minimum absolute atomic E-state index is 0.0415. The van der Waals surface area contributed by atoms with Crippen molar-refractivity contribution in [2.24, 2.45) is 0 Å². The molecule has 0 unspecified atom stereocenters. The van der Waals surface area contributed by atoms with E-state index in [1.807, 2.05) is 6.92 Å². The molecule has 1 saturated heterocycles. The highest BCUT2D eigenvalue weighted by molar-refractivity contribution is 8.01. The van der Waals surface area contributed by atoms with Crippen LogP contribution >= 0.6 is 11.8 Å². The number of benzene rings is 1. The Hall–Kier alpha value is -1.19. The summed E-state index contributed by atoms with van der Waals surface area (Å²) < 4.78 is 52.9. The molecular weight excluding hydrogens is 382 g/mol. The van der Waals surface area contributed by atoms with E-state index < -0.39 is 27.0 Å². The second kappa shape index (κ2) is 8.67. The first kappa shape index (κ1) is 21.1. The molecule has 2 rings (SSSR count).